The fourth-order valence-electron chi connectivity index (χ4n) is 2.39. The molecule has 0 aliphatic heterocycles. The van der Waals surface area contributed by atoms with Crippen molar-refractivity contribution in [3.63, 3.8) is 0 Å². The molecule has 112 valence electrons. The second-order valence-electron chi connectivity index (χ2n) is 4.84. The topological polar surface area (TPSA) is 38.0 Å². The van der Waals surface area contributed by atoms with Gasteiger partial charge in [-0.05, 0) is 36.4 Å². The lowest BCUT2D eigenvalue weighted by Gasteiger charge is -2.35. The Kier molecular flexibility index (Phi) is 5.17. The van der Waals surface area contributed by atoms with E-state index in [1.807, 2.05) is 18.2 Å². The zero-order valence-corrected chi connectivity index (χ0v) is 12.6. The van der Waals surface area contributed by atoms with Gasteiger partial charge in [-0.25, -0.2) is 0 Å². The summed E-state index contributed by atoms with van der Waals surface area (Å²) in [5, 5.41) is 4.36. The van der Waals surface area contributed by atoms with Gasteiger partial charge in [0.05, 0.1) is 17.1 Å². The molecule has 0 amide bonds. The molecule has 0 unspecified atom stereocenters. The van der Waals surface area contributed by atoms with Crippen molar-refractivity contribution in [1.82, 2.24) is 0 Å². The predicted octanol–water partition coefficient (Wildman–Crippen LogP) is 4.05. The van der Waals surface area contributed by atoms with Crippen LogP contribution < -0.4 is 10.0 Å². The van der Waals surface area contributed by atoms with Crippen LogP contribution in [0.1, 0.15) is 0 Å². The number of anilines is 3. The maximum Gasteiger partial charge on any atom is 0.0632 e. The molecule has 0 fully saturated rings. The molecule has 3 nitrogen and oxygen atoms in total. The molecule has 0 saturated carbocycles. The second-order valence-corrected chi connectivity index (χ2v) is 4.84. The van der Waals surface area contributed by atoms with Crippen LogP contribution in [-0.2, 0) is 0 Å². The van der Waals surface area contributed by atoms with E-state index in [0.29, 0.717) is 0 Å². The summed E-state index contributed by atoms with van der Waals surface area (Å²) in [5.41, 5.74) is 3.41. The van der Waals surface area contributed by atoms with E-state index in [0.717, 1.165) is 17.1 Å². The van der Waals surface area contributed by atoms with Crippen LogP contribution in [0.5, 0.6) is 0 Å². The van der Waals surface area contributed by atoms with E-state index in [4.69, 9.17) is 0 Å². The van der Waals surface area contributed by atoms with Crippen molar-refractivity contribution in [3.8, 4) is 0 Å². The number of rotatable bonds is 4. The average Bonchev–Trinajstić information content (AvgIpc) is 2.58. The normalized spacial score (nSPS) is 9.68. The maximum absolute atomic E-state index is 2.20. The summed E-state index contributed by atoms with van der Waals surface area (Å²) in [5.74, 6) is 0. The number of nitrogens with zero attached hydrogens (tertiary/aromatic N) is 2. The Bertz CT molecular complexity index is 632. The molecule has 0 heterocycles. The van der Waals surface area contributed by atoms with Gasteiger partial charge in [0, 0.05) is 7.05 Å². The first-order valence-electron chi connectivity index (χ1n) is 7.05. The largest absolute Gasteiger partial charge is 0.412 e. The molecule has 0 atom stereocenters. The molecule has 0 spiro atoms. The van der Waals surface area contributed by atoms with Crippen molar-refractivity contribution in [3.05, 3.63) is 91.0 Å². The molecule has 3 aromatic carbocycles. The summed E-state index contributed by atoms with van der Waals surface area (Å²) in [4.78, 5) is 0. The highest BCUT2D eigenvalue weighted by molar-refractivity contribution is 5.69. The number of para-hydroxylation sites is 3. The SMILES string of the molecule is CN(c1ccccc1)N(c1ccccc1)c1ccccc1.O. The molecule has 3 rings (SSSR count). The Hall–Kier alpha value is -2.78. The molecule has 0 aliphatic carbocycles. The third-order valence-corrected chi connectivity index (χ3v) is 3.43. The Labute approximate surface area is 131 Å². The molecule has 2 N–H and O–H groups in total. The fraction of sp³-hybridized carbons (Fsp3) is 0.0526. The number of hydrazine groups is 1. The first-order valence-corrected chi connectivity index (χ1v) is 7.05. The zero-order chi connectivity index (χ0) is 14.5. The van der Waals surface area contributed by atoms with E-state index in [-0.39, 0.29) is 5.48 Å². The van der Waals surface area contributed by atoms with Crippen LogP contribution in [0, 0.1) is 0 Å². The van der Waals surface area contributed by atoms with Gasteiger partial charge in [0.2, 0.25) is 0 Å². The van der Waals surface area contributed by atoms with Crippen molar-refractivity contribution in [1.29, 1.82) is 0 Å². The van der Waals surface area contributed by atoms with Crippen LogP contribution in [0.4, 0.5) is 17.1 Å². The number of hydrogen-bond acceptors (Lipinski definition) is 2. The molecular formula is C19H20N2O. The minimum atomic E-state index is 0. The monoisotopic (exact) mass is 292 g/mol. The number of hydrogen-bond donors (Lipinski definition) is 0. The van der Waals surface area contributed by atoms with Crippen LogP contribution in [-0.4, -0.2) is 12.5 Å². The standard InChI is InChI=1S/C19H18N2.H2O/c1-20(17-11-5-2-6-12-17)21(18-13-7-3-8-14-18)19-15-9-4-10-16-19;/h2-16H,1H3;1H2. The maximum atomic E-state index is 2.20. The van der Waals surface area contributed by atoms with Crippen LogP contribution in [0.2, 0.25) is 0 Å². The minimum absolute atomic E-state index is 0. The lowest BCUT2D eigenvalue weighted by Crippen LogP contribution is -2.36. The average molecular weight is 292 g/mol. The summed E-state index contributed by atoms with van der Waals surface area (Å²) < 4.78 is 0. The van der Waals surface area contributed by atoms with Crippen molar-refractivity contribution < 1.29 is 5.48 Å². The Morgan fingerprint density at radius 1 is 0.500 bits per heavy atom. The van der Waals surface area contributed by atoms with Gasteiger partial charge < -0.3 is 5.48 Å². The van der Waals surface area contributed by atoms with Crippen molar-refractivity contribution in [2.45, 2.75) is 0 Å². The van der Waals surface area contributed by atoms with E-state index in [9.17, 15) is 0 Å². The van der Waals surface area contributed by atoms with E-state index in [1.165, 1.54) is 0 Å². The Balaban J connectivity index is 0.00000176. The fourth-order valence-corrected chi connectivity index (χ4v) is 2.39. The van der Waals surface area contributed by atoms with Gasteiger partial charge in [-0.1, -0.05) is 54.6 Å². The van der Waals surface area contributed by atoms with Gasteiger partial charge in [-0.15, -0.1) is 0 Å². The number of benzene rings is 3. The summed E-state index contributed by atoms with van der Waals surface area (Å²) in [6.07, 6.45) is 0. The molecule has 0 aromatic heterocycles. The quantitative estimate of drug-likeness (QED) is 0.680. The lowest BCUT2D eigenvalue weighted by molar-refractivity contribution is 0.824. The van der Waals surface area contributed by atoms with E-state index >= 15 is 0 Å². The van der Waals surface area contributed by atoms with Crippen molar-refractivity contribution >= 4 is 17.1 Å². The third-order valence-electron chi connectivity index (χ3n) is 3.43. The first kappa shape index (κ1) is 15.6. The van der Waals surface area contributed by atoms with Crippen LogP contribution in [0.3, 0.4) is 0 Å². The molecule has 0 bridgehead atoms. The Morgan fingerprint density at radius 2 is 0.818 bits per heavy atom. The summed E-state index contributed by atoms with van der Waals surface area (Å²) in [6.45, 7) is 0. The highest BCUT2D eigenvalue weighted by atomic mass is 16.0. The minimum Gasteiger partial charge on any atom is -0.412 e. The van der Waals surface area contributed by atoms with E-state index < -0.39 is 0 Å². The molecule has 0 saturated heterocycles. The van der Waals surface area contributed by atoms with Crippen LogP contribution in [0.25, 0.3) is 0 Å². The predicted molar refractivity (Wildman–Crippen MR) is 93.5 cm³/mol. The van der Waals surface area contributed by atoms with Crippen LogP contribution in [0.15, 0.2) is 91.0 Å². The summed E-state index contributed by atoms with van der Waals surface area (Å²) in [7, 11) is 2.08. The van der Waals surface area contributed by atoms with E-state index in [1.54, 1.807) is 0 Å². The molecule has 22 heavy (non-hydrogen) atoms. The van der Waals surface area contributed by atoms with Gasteiger partial charge >= 0.3 is 0 Å². The summed E-state index contributed by atoms with van der Waals surface area (Å²) in [6, 6.07) is 31.1. The lowest BCUT2D eigenvalue weighted by atomic mass is 10.2. The molecular weight excluding hydrogens is 272 g/mol. The summed E-state index contributed by atoms with van der Waals surface area (Å²) >= 11 is 0. The smallest absolute Gasteiger partial charge is 0.0632 e. The second kappa shape index (κ2) is 7.29. The van der Waals surface area contributed by atoms with Gasteiger partial charge in [-0.3, -0.25) is 10.0 Å². The molecule has 3 heteroatoms. The third kappa shape index (κ3) is 3.27. The molecule has 0 radical (unpaired) electrons. The van der Waals surface area contributed by atoms with Crippen molar-refractivity contribution in [2.75, 3.05) is 17.1 Å². The van der Waals surface area contributed by atoms with Gasteiger partial charge in [-0.2, -0.15) is 0 Å². The highest BCUT2D eigenvalue weighted by Crippen LogP contribution is 2.29. The molecule has 0 aliphatic rings. The van der Waals surface area contributed by atoms with E-state index in [2.05, 4.69) is 89.9 Å². The van der Waals surface area contributed by atoms with Crippen LogP contribution >= 0.6 is 0 Å². The zero-order valence-electron chi connectivity index (χ0n) is 12.6. The van der Waals surface area contributed by atoms with Gasteiger partial charge in [0.15, 0.2) is 0 Å². The Morgan fingerprint density at radius 3 is 1.18 bits per heavy atom. The van der Waals surface area contributed by atoms with Gasteiger partial charge in [0.1, 0.15) is 0 Å². The first-order chi connectivity index (χ1) is 10.4. The van der Waals surface area contributed by atoms with Crippen molar-refractivity contribution in [2.24, 2.45) is 0 Å². The van der Waals surface area contributed by atoms with Gasteiger partial charge in [0.25, 0.3) is 0 Å². The highest BCUT2D eigenvalue weighted by Gasteiger charge is 2.14. The molecule has 3 aromatic rings.